The van der Waals surface area contributed by atoms with Crippen molar-refractivity contribution in [1.82, 2.24) is 14.7 Å². The third kappa shape index (κ3) is 5.96. The van der Waals surface area contributed by atoms with Crippen LogP contribution in [0.15, 0.2) is 0 Å². The number of hydrogen-bond donors (Lipinski definition) is 0. The van der Waals surface area contributed by atoms with Gasteiger partial charge in [-0.05, 0) is 51.2 Å². The summed E-state index contributed by atoms with van der Waals surface area (Å²) in [6.07, 6.45) is 4.86. The van der Waals surface area contributed by atoms with Crippen molar-refractivity contribution in [2.45, 2.75) is 79.3 Å². The van der Waals surface area contributed by atoms with E-state index < -0.39 is 0 Å². The Balaban J connectivity index is 1.76. The summed E-state index contributed by atoms with van der Waals surface area (Å²) in [7, 11) is 2.29. The van der Waals surface area contributed by atoms with Gasteiger partial charge in [-0.3, -0.25) is 4.79 Å². The van der Waals surface area contributed by atoms with Crippen molar-refractivity contribution in [2.24, 2.45) is 10.8 Å². The summed E-state index contributed by atoms with van der Waals surface area (Å²) in [5, 5.41) is 0. The van der Waals surface area contributed by atoms with E-state index in [1.54, 1.807) is 0 Å². The highest BCUT2D eigenvalue weighted by molar-refractivity contribution is 5.81. The zero-order chi connectivity index (χ0) is 18.8. The van der Waals surface area contributed by atoms with Gasteiger partial charge in [0.25, 0.3) is 0 Å². The predicted octanol–water partition coefficient (Wildman–Crippen LogP) is 3.47. The van der Waals surface area contributed by atoms with Gasteiger partial charge < -0.3 is 14.7 Å². The average molecular weight is 352 g/mol. The Hall–Kier alpha value is -0.610. The molecule has 2 rings (SSSR count). The lowest BCUT2D eigenvalue weighted by molar-refractivity contribution is -0.141. The molecule has 0 aromatic carbocycles. The first kappa shape index (κ1) is 20.7. The van der Waals surface area contributed by atoms with Crippen molar-refractivity contribution in [3.8, 4) is 0 Å². The monoisotopic (exact) mass is 351 g/mol. The largest absolute Gasteiger partial charge is 0.342 e. The molecular weight excluding hydrogens is 310 g/mol. The van der Waals surface area contributed by atoms with Crippen molar-refractivity contribution >= 4 is 5.91 Å². The van der Waals surface area contributed by atoms with Crippen LogP contribution in [0.25, 0.3) is 0 Å². The van der Waals surface area contributed by atoms with E-state index in [9.17, 15) is 4.79 Å². The molecule has 4 heteroatoms. The van der Waals surface area contributed by atoms with Crippen molar-refractivity contribution in [1.29, 1.82) is 0 Å². The minimum atomic E-state index is -0.247. The molecular formula is C21H41N3O. The average Bonchev–Trinajstić information content (AvgIpc) is 2.52. The van der Waals surface area contributed by atoms with Gasteiger partial charge in [-0.1, -0.05) is 41.5 Å². The van der Waals surface area contributed by atoms with E-state index in [0.29, 0.717) is 17.4 Å². The lowest BCUT2D eigenvalue weighted by Gasteiger charge is -2.44. The van der Waals surface area contributed by atoms with Crippen LogP contribution < -0.4 is 0 Å². The molecule has 0 aliphatic carbocycles. The number of piperidine rings is 2. The van der Waals surface area contributed by atoms with Gasteiger partial charge in [0.1, 0.15) is 0 Å². The normalized spacial score (nSPS) is 22.6. The van der Waals surface area contributed by atoms with Crippen molar-refractivity contribution in [3.63, 3.8) is 0 Å². The zero-order valence-corrected chi connectivity index (χ0v) is 17.8. The molecule has 25 heavy (non-hydrogen) atoms. The summed E-state index contributed by atoms with van der Waals surface area (Å²) >= 11 is 0. The summed E-state index contributed by atoms with van der Waals surface area (Å²) in [6.45, 7) is 18.5. The summed E-state index contributed by atoms with van der Waals surface area (Å²) in [5.74, 6) is 0.313. The van der Waals surface area contributed by atoms with Crippen molar-refractivity contribution < 1.29 is 4.79 Å². The van der Waals surface area contributed by atoms with Crippen molar-refractivity contribution in [2.75, 3.05) is 39.8 Å². The Bertz CT molecular complexity index is 433. The highest BCUT2D eigenvalue weighted by atomic mass is 16.2. The molecule has 0 aromatic heterocycles. The zero-order valence-electron chi connectivity index (χ0n) is 17.8. The first-order chi connectivity index (χ1) is 11.5. The van der Waals surface area contributed by atoms with Gasteiger partial charge in [0.2, 0.25) is 5.91 Å². The van der Waals surface area contributed by atoms with Gasteiger partial charge in [-0.25, -0.2) is 0 Å². The molecule has 0 atom stereocenters. The van der Waals surface area contributed by atoms with E-state index in [-0.39, 0.29) is 5.41 Å². The molecule has 2 aliphatic heterocycles. The van der Waals surface area contributed by atoms with E-state index >= 15 is 0 Å². The lowest BCUT2D eigenvalue weighted by Crippen LogP contribution is -2.53. The smallest absolute Gasteiger partial charge is 0.227 e. The molecule has 1 amide bonds. The minimum Gasteiger partial charge on any atom is -0.342 e. The van der Waals surface area contributed by atoms with Gasteiger partial charge in [0, 0.05) is 37.1 Å². The van der Waals surface area contributed by atoms with E-state index in [0.717, 1.165) is 32.0 Å². The van der Waals surface area contributed by atoms with E-state index in [1.165, 1.54) is 32.5 Å². The Morgan fingerprint density at radius 1 is 0.920 bits per heavy atom. The number of rotatable bonds is 3. The van der Waals surface area contributed by atoms with E-state index in [1.807, 2.05) is 20.8 Å². The SMILES string of the molecule is CN(CC(C)(C)C)C1CCN(C2CCN(C(=O)C(C)(C)C)CC2)CC1. The van der Waals surface area contributed by atoms with Gasteiger partial charge in [-0.2, -0.15) is 0 Å². The Morgan fingerprint density at radius 3 is 1.88 bits per heavy atom. The molecule has 2 aliphatic rings. The molecule has 0 radical (unpaired) electrons. The fraction of sp³-hybridized carbons (Fsp3) is 0.952. The maximum atomic E-state index is 12.4. The van der Waals surface area contributed by atoms with Gasteiger partial charge in [-0.15, -0.1) is 0 Å². The predicted molar refractivity (Wildman–Crippen MR) is 106 cm³/mol. The molecule has 0 spiro atoms. The molecule has 0 saturated carbocycles. The number of nitrogens with zero attached hydrogens (tertiary/aromatic N) is 3. The third-order valence-corrected chi connectivity index (χ3v) is 5.76. The van der Waals surface area contributed by atoms with Crippen LogP contribution in [-0.2, 0) is 4.79 Å². The van der Waals surface area contributed by atoms with Crippen LogP contribution in [0.4, 0.5) is 0 Å². The molecule has 0 bridgehead atoms. The summed E-state index contributed by atoms with van der Waals surface area (Å²) in [5.41, 5.74) is 0.126. The maximum absolute atomic E-state index is 12.4. The van der Waals surface area contributed by atoms with Crippen LogP contribution in [-0.4, -0.2) is 72.5 Å². The minimum absolute atomic E-state index is 0.247. The van der Waals surface area contributed by atoms with Crippen molar-refractivity contribution in [3.05, 3.63) is 0 Å². The third-order valence-electron chi connectivity index (χ3n) is 5.76. The summed E-state index contributed by atoms with van der Waals surface area (Å²) in [6, 6.07) is 1.41. The molecule has 4 nitrogen and oxygen atoms in total. The standard InChI is InChI=1S/C21H41N3O/c1-20(2,3)16-22(7)17-8-12-23(13-9-17)18-10-14-24(15-11-18)19(25)21(4,5)6/h17-18H,8-16H2,1-7H3. The van der Waals surface area contributed by atoms with E-state index in [4.69, 9.17) is 0 Å². The second-order valence-electron chi connectivity index (χ2n) is 10.5. The van der Waals surface area contributed by atoms with Crippen LogP contribution in [0.5, 0.6) is 0 Å². The fourth-order valence-electron chi connectivity index (χ4n) is 4.48. The van der Waals surface area contributed by atoms with Gasteiger partial charge in [0.05, 0.1) is 0 Å². The van der Waals surface area contributed by atoms with Crippen LogP contribution in [0.2, 0.25) is 0 Å². The molecule has 2 fully saturated rings. The Morgan fingerprint density at radius 2 is 1.44 bits per heavy atom. The number of carbonyl (C=O) groups is 1. The number of carbonyl (C=O) groups excluding carboxylic acids is 1. The number of hydrogen-bond acceptors (Lipinski definition) is 3. The Labute approximate surface area is 155 Å². The second kappa shape index (κ2) is 7.96. The molecule has 2 saturated heterocycles. The highest BCUT2D eigenvalue weighted by Crippen LogP contribution is 2.26. The second-order valence-corrected chi connectivity index (χ2v) is 10.5. The quantitative estimate of drug-likeness (QED) is 0.779. The Kier molecular flexibility index (Phi) is 6.59. The topological polar surface area (TPSA) is 26.8 Å². The van der Waals surface area contributed by atoms with Crippen LogP contribution in [0, 0.1) is 10.8 Å². The fourth-order valence-corrected chi connectivity index (χ4v) is 4.48. The number of amides is 1. The van der Waals surface area contributed by atoms with Gasteiger partial charge >= 0.3 is 0 Å². The van der Waals surface area contributed by atoms with Crippen LogP contribution >= 0.6 is 0 Å². The van der Waals surface area contributed by atoms with Gasteiger partial charge in [0.15, 0.2) is 0 Å². The molecule has 146 valence electrons. The molecule has 0 N–H and O–H groups in total. The first-order valence-corrected chi connectivity index (χ1v) is 10.2. The van der Waals surface area contributed by atoms with Crippen LogP contribution in [0.1, 0.15) is 67.2 Å². The summed E-state index contributed by atoms with van der Waals surface area (Å²) < 4.78 is 0. The lowest BCUT2D eigenvalue weighted by atomic mass is 9.91. The molecule has 2 heterocycles. The maximum Gasteiger partial charge on any atom is 0.227 e. The van der Waals surface area contributed by atoms with Crippen LogP contribution in [0.3, 0.4) is 0 Å². The molecule has 0 aromatic rings. The molecule has 0 unspecified atom stereocenters. The first-order valence-electron chi connectivity index (χ1n) is 10.2. The summed E-state index contributed by atoms with van der Waals surface area (Å²) in [4.78, 5) is 19.8. The van der Waals surface area contributed by atoms with E-state index in [2.05, 4.69) is 42.5 Å². The highest BCUT2D eigenvalue weighted by Gasteiger charge is 2.34. The number of likely N-dealkylation sites (tertiary alicyclic amines) is 2.